The molecule has 0 aromatic heterocycles. The van der Waals surface area contributed by atoms with Crippen LogP contribution < -0.4 is 5.32 Å². The van der Waals surface area contributed by atoms with Crippen LogP contribution in [-0.4, -0.2) is 11.7 Å². The monoisotopic (exact) mass is 313 g/mol. The molecule has 2 aromatic rings. The van der Waals surface area contributed by atoms with Crippen LogP contribution in [-0.2, 0) is 4.79 Å². The molecule has 0 spiro atoms. The first kappa shape index (κ1) is 14.9. The van der Waals surface area contributed by atoms with Gasteiger partial charge in [-0.15, -0.1) is 11.8 Å². The molecule has 1 N–H and O–H groups in total. The lowest BCUT2D eigenvalue weighted by molar-refractivity contribution is -0.117. The molecule has 1 amide bonds. The zero-order valence-corrected chi connectivity index (χ0v) is 12.8. The van der Waals surface area contributed by atoms with E-state index in [-0.39, 0.29) is 17.8 Å². The van der Waals surface area contributed by atoms with Gasteiger partial charge in [-0.05, 0) is 41.8 Å². The Hall–Kier alpha value is -2.07. The highest BCUT2D eigenvalue weighted by molar-refractivity contribution is 7.99. The highest BCUT2D eigenvalue weighted by Crippen LogP contribution is 2.36. The average Bonchev–Trinajstić information content (AvgIpc) is 2.54. The number of carbonyl (C=O) groups is 1. The number of thioether (sulfide) groups is 1. The van der Waals surface area contributed by atoms with Crippen molar-refractivity contribution in [3.63, 3.8) is 0 Å². The van der Waals surface area contributed by atoms with Crippen molar-refractivity contribution in [3.05, 3.63) is 71.6 Å². The minimum Gasteiger partial charge on any atom is -0.346 e. The molecule has 1 unspecified atom stereocenters. The first-order chi connectivity index (χ1) is 10.7. The Morgan fingerprint density at radius 2 is 2.05 bits per heavy atom. The Morgan fingerprint density at radius 3 is 2.86 bits per heavy atom. The summed E-state index contributed by atoms with van der Waals surface area (Å²) in [5, 5.41) is 2.97. The van der Waals surface area contributed by atoms with Crippen LogP contribution in [0.25, 0.3) is 6.08 Å². The highest BCUT2D eigenvalue weighted by Gasteiger charge is 2.22. The lowest BCUT2D eigenvalue weighted by Crippen LogP contribution is -2.29. The number of fused-ring (bicyclic) bond motifs is 1. The Morgan fingerprint density at radius 1 is 1.23 bits per heavy atom. The zero-order chi connectivity index (χ0) is 15.4. The van der Waals surface area contributed by atoms with Crippen molar-refractivity contribution in [2.45, 2.75) is 17.4 Å². The fourth-order valence-corrected chi connectivity index (χ4v) is 3.58. The minimum absolute atomic E-state index is 0.125. The summed E-state index contributed by atoms with van der Waals surface area (Å²) in [6.45, 7) is 0. The second-order valence-electron chi connectivity index (χ2n) is 5.12. The maximum Gasteiger partial charge on any atom is 0.244 e. The summed E-state index contributed by atoms with van der Waals surface area (Å²) >= 11 is 1.70. The van der Waals surface area contributed by atoms with E-state index in [1.165, 1.54) is 18.2 Å². The lowest BCUT2D eigenvalue weighted by Gasteiger charge is -2.25. The molecule has 1 aliphatic heterocycles. The minimum atomic E-state index is -0.264. The molecule has 1 atom stereocenters. The fourth-order valence-electron chi connectivity index (χ4n) is 2.47. The molecular formula is C18H16FNOS. The van der Waals surface area contributed by atoms with Crippen molar-refractivity contribution in [3.8, 4) is 0 Å². The molecule has 2 nitrogen and oxygen atoms in total. The van der Waals surface area contributed by atoms with Gasteiger partial charge in [-0.25, -0.2) is 4.39 Å². The maximum absolute atomic E-state index is 13.4. The molecule has 1 aliphatic rings. The summed E-state index contributed by atoms with van der Waals surface area (Å²) in [6, 6.07) is 14.3. The summed E-state index contributed by atoms with van der Waals surface area (Å²) in [5.41, 5.74) is 1.85. The van der Waals surface area contributed by atoms with Crippen LogP contribution in [0.5, 0.6) is 0 Å². The highest BCUT2D eigenvalue weighted by atomic mass is 32.2. The van der Waals surface area contributed by atoms with E-state index in [1.54, 1.807) is 23.9 Å². The van der Waals surface area contributed by atoms with Gasteiger partial charge in [-0.2, -0.15) is 0 Å². The molecule has 3 rings (SSSR count). The Bertz CT molecular complexity index is 699. The maximum atomic E-state index is 13.4. The molecule has 0 aliphatic carbocycles. The van der Waals surface area contributed by atoms with E-state index in [4.69, 9.17) is 0 Å². The van der Waals surface area contributed by atoms with Crippen LogP contribution in [0.4, 0.5) is 4.39 Å². The quantitative estimate of drug-likeness (QED) is 0.861. The molecule has 2 aromatic carbocycles. The summed E-state index contributed by atoms with van der Waals surface area (Å²) < 4.78 is 13.4. The summed E-state index contributed by atoms with van der Waals surface area (Å²) in [4.78, 5) is 13.1. The van der Waals surface area contributed by atoms with Gasteiger partial charge in [0, 0.05) is 16.7 Å². The number of hydrogen-bond acceptors (Lipinski definition) is 2. The van der Waals surface area contributed by atoms with Crippen molar-refractivity contribution in [1.29, 1.82) is 0 Å². The Labute approximate surface area is 133 Å². The smallest absolute Gasteiger partial charge is 0.244 e. The van der Waals surface area contributed by atoms with Gasteiger partial charge in [0.15, 0.2) is 0 Å². The standard InChI is InChI=1S/C18H16FNOS/c19-14-7-8-17-15(12-14)16(10-11-22-17)20-18(21)9-6-13-4-2-1-3-5-13/h1-9,12,16H,10-11H2,(H,20,21)/b9-6+. The predicted molar refractivity (Wildman–Crippen MR) is 88.1 cm³/mol. The van der Waals surface area contributed by atoms with Crippen LogP contribution in [0.3, 0.4) is 0 Å². The number of nitrogens with one attached hydrogen (secondary N) is 1. The van der Waals surface area contributed by atoms with Gasteiger partial charge in [0.25, 0.3) is 0 Å². The second kappa shape index (κ2) is 6.79. The van der Waals surface area contributed by atoms with Crippen molar-refractivity contribution < 1.29 is 9.18 Å². The van der Waals surface area contributed by atoms with Gasteiger partial charge in [-0.1, -0.05) is 30.3 Å². The van der Waals surface area contributed by atoms with E-state index in [2.05, 4.69) is 5.32 Å². The van der Waals surface area contributed by atoms with Crippen molar-refractivity contribution in [1.82, 2.24) is 5.32 Å². The van der Waals surface area contributed by atoms with E-state index in [0.717, 1.165) is 28.2 Å². The molecule has 0 saturated carbocycles. The molecule has 0 bridgehead atoms. The SMILES string of the molecule is O=C(/C=C/c1ccccc1)NC1CCSc2ccc(F)cc21. The van der Waals surface area contributed by atoms with E-state index >= 15 is 0 Å². The summed E-state index contributed by atoms with van der Waals surface area (Å²) in [5.74, 6) is 0.502. The van der Waals surface area contributed by atoms with E-state index in [9.17, 15) is 9.18 Å². The van der Waals surface area contributed by atoms with Crippen LogP contribution in [0.15, 0.2) is 59.5 Å². The first-order valence-electron chi connectivity index (χ1n) is 7.18. The van der Waals surface area contributed by atoms with Gasteiger partial charge in [0.05, 0.1) is 6.04 Å². The van der Waals surface area contributed by atoms with E-state index in [0.29, 0.717) is 0 Å². The number of rotatable bonds is 3. The third-order valence-corrected chi connectivity index (χ3v) is 4.68. The fraction of sp³-hybridized carbons (Fsp3) is 0.167. The normalized spacial score (nSPS) is 17.2. The molecule has 22 heavy (non-hydrogen) atoms. The lowest BCUT2D eigenvalue weighted by atomic mass is 10.0. The average molecular weight is 313 g/mol. The zero-order valence-electron chi connectivity index (χ0n) is 12.0. The number of hydrogen-bond donors (Lipinski definition) is 1. The predicted octanol–water partition coefficient (Wildman–Crippen LogP) is 4.19. The Balaban J connectivity index is 1.70. The number of halogens is 1. The number of amides is 1. The van der Waals surface area contributed by atoms with Crippen molar-refractivity contribution >= 4 is 23.7 Å². The third-order valence-electron chi connectivity index (χ3n) is 3.55. The molecule has 0 saturated heterocycles. The summed E-state index contributed by atoms with van der Waals surface area (Å²) in [7, 11) is 0. The van der Waals surface area contributed by atoms with Crippen LogP contribution in [0.1, 0.15) is 23.6 Å². The van der Waals surface area contributed by atoms with E-state index < -0.39 is 0 Å². The molecule has 112 valence electrons. The second-order valence-corrected chi connectivity index (χ2v) is 6.26. The number of carbonyl (C=O) groups excluding carboxylic acids is 1. The third kappa shape index (κ3) is 3.57. The van der Waals surface area contributed by atoms with Crippen molar-refractivity contribution in [2.75, 3.05) is 5.75 Å². The van der Waals surface area contributed by atoms with Gasteiger partial charge in [0.1, 0.15) is 5.82 Å². The molecule has 1 heterocycles. The van der Waals surface area contributed by atoms with Gasteiger partial charge < -0.3 is 5.32 Å². The number of benzene rings is 2. The molecule has 4 heteroatoms. The molecular weight excluding hydrogens is 297 g/mol. The largest absolute Gasteiger partial charge is 0.346 e. The van der Waals surface area contributed by atoms with Crippen LogP contribution >= 0.6 is 11.8 Å². The molecule has 0 radical (unpaired) electrons. The van der Waals surface area contributed by atoms with Crippen LogP contribution in [0.2, 0.25) is 0 Å². The van der Waals surface area contributed by atoms with E-state index in [1.807, 2.05) is 30.3 Å². The summed E-state index contributed by atoms with van der Waals surface area (Å²) in [6.07, 6.45) is 4.11. The van der Waals surface area contributed by atoms with Gasteiger partial charge >= 0.3 is 0 Å². The van der Waals surface area contributed by atoms with Gasteiger partial charge in [-0.3, -0.25) is 4.79 Å². The molecule has 0 fully saturated rings. The van der Waals surface area contributed by atoms with Crippen molar-refractivity contribution in [2.24, 2.45) is 0 Å². The first-order valence-corrected chi connectivity index (χ1v) is 8.17. The van der Waals surface area contributed by atoms with Crippen LogP contribution in [0, 0.1) is 5.82 Å². The van der Waals surface area contributed by atoms with Gasteiger partial charge in [0.2, 0.25) is 5.91 Å². The Kier molecular flexibility index (Phi) is 4.59. The topological polar surface area (TPSA) is 29.1 Å².